The molecule has 0 aromatic heterocycles. The standard InChI is InChI=1S/C11H12O2S2/c12-15(13)7-6-10(9-15)8-14-11-4-2-1-3-5-11/h1-6H,7-9H2. The van der Waals surface area contributed by atoms with E-state index in [1.54, 1.807) is 11.8 Å². The molecule has 15 heavy (non-hydrogen) atoms. The van der Waals surface area contributed by atoms with Crippen molar-refractivity contribution in [1.29, 1.82) is 0 Å². The highest BCUT2D eigenvalue weighted by molar-refractivity contribution is 7.99. The fourth-order valence-electron chi connectivity index (χ4n) is 1.44. The van der Waals surface area contributed by atoms with E-state index in [9.17, 15) is 8.42 Å². The smallest absolute Gasteiger partial charge is 0.157 e. The Morgan fingerprint density at radius 1 is 1.20 bits per heavy atom. The number of sulfone groups is 1. The number of rotatable bonds is 3. The third-order valence-electron chi connectivity index (χ3n) is 2.20. The molecule has 0 bridgehead atoms. The predicted octanol–water partition coefficient (Wildman–Crippen LogP) is 2.13. The Kier molecular flexibility index (Phi) is 3.17. The third kappa shape index (κ3) is 3.11. The molecule has 0 atom stereocenters. The molecule has 2 nitrogen and oxygen atoms in total. The van der Waals surface area contributed by atoms with Gasteiger partial charge in [0.1, 0.15) is 0 Å². The van der Waals surface area contributed by atoms with Gasteiger partial charge in [-0.25, -0.2) is 8.42 Å². The Morgan fingerprint density at radius 2 is 1.93 bits per heavy atom. The summed E-state index contributed by atoms with van der Waals surface area (Å²) in [5.74, 6) is 1.24. The molecule has 80 valence electrons. The summed E-state index contributed by atoms with van der Waals surface area (Å²) in [7, 11) is -2.81. The van der Waals surface area contributed by atoms with Crippen molar-refractivity contribution in [1.82, 2.24) is 0 Å². The van der Waals surface area contributed by atoms with Gasteiger partial charge in [-0.1, -0.05) is 24.3 Å². The summed E-state index contributed by atoms with van der Waals surface area (Å²) in [5, 5.41) is 0. The van der Waals surface area contributed by atoms with E-state index in [4.69, 9.17) is 0 Å². The lowest BCUT2D eigenvalue weighted by Crippen LogP contribution is -2.03. The zero-order chi connectivity index (χ0) is 10.7. The minimum Gasteiger partial charge on any atom is -0.228 e. The van der Waals surface area contributed by atoms with Crippen molar-refractivity contribution < 1.29 is 8.42 Å². The molecular weight excluding hydrogens is 228 g/mol. The van der Waals surface area contributed by atoms with Gasteiger partial charge in [-0.05, 0) is 17.7 Å². The summed E-state index contributed by atoms with van der Waals surface area (Å²) < 4.78 is 22.4. The lowest BCUT2D eigenvalue weighted by molar-refractivity contribution is 0.603. The molecule has 0 N–H and O–H groups in total. The van der Waals surface area contributed by atoms with E-state index >= 15 is 0 Å². The minimum absolute atomic E-state index is 0.220. The fraction of sp³-hybridized carbons (Fsp3) is 0.273. The Labute approximate surface area is 94.3 Å². The highest BCUT2D eigenvalue weighted by Gasteiger charge is 2.19. The van der Waals surface area contributed by atoms with E-state index in [-0.39, 0.29) is 11.5 Å². The molecular formula is C11H12O2S2. The van der Waals surface area contributed by atoms with Crippen LogP contribution in [0, 0.1) is 0 Å². The van der Waals surface area contributed by atoms with Crippen LogP contribution in [-0.2, 0) is 9.84 Å². The van der Waals surface area contributed by atoms with Crippen LogP contribution in [0.2, 0.25) is 0 Å². The van der Waals surface area contributed by atoms with Crippen molar-refractivity contribution in [3.05, 3.63) is 42.0 Å². The Morgan fingerprint density at radius 3 is 2.53 bits per heavy atom. The quantitative estimate of drug-likeness (QED) is 0.599. The molecule has 0 amide bonds. The van der Waals surface area contributed by atoms with Crippen LogP contribution in [-0.4, -0.2) is 25.7 Å². The van der Waals surface area contributed by atoms with Crippen LogP contribution in [0.15, 0.2) is 46.9 Å². The minimum atomic E-state index is -2.81. The molecule has 1 aliphatic rings. The second-order valence-electron chi connectivity index (χ2n) is 3.52. The summed E-state index contributed by atoms with van der Waals surface area (Å²) in [6.45, 7) is 0. The van der Waals surface area contributed by atoms with Crippen LogP contribution in [0.3, 0.4) is 0 Å². The molecule has 1 heterocycles. The second-order valence-corrected chi connectivity index (χ2v) is 6.68. The molecule has 0 radical (unpaired) electrons. The number of hydrogen-bond acceptors (Lipinski definition) is 3. The van der Waals surface area contributed by atoms with Gasteiger partial charge in [-0.15, -0.1) is 11.8 Å². The molecule has 0 fully saturated rings. The van der Waals surface area contributed by atoms with Gasteiger partial charge in [-0.2, -0.15) is 0 Å². The van der Waals surface area contributed by atoms with E-state index in [0.717, 1.165) is 11.3 Å². The zero-order valence-electron chi connectivity index (χ0n) is 8.22. The Balaban J connectivity index is 1.91. The van der Waals surface area contributed by atoms with Crippen molar-refractivity contribution in [3.63, 3.8) is 0 Å². The number of benzene rings is 1. The van der Waals surface area contributed by atoms with Crippen molar-refractivity contribution in [2.45, 2.75) is 4.90 Å². The van der Waals surface area contributed by atoms with Gasteiger partial charge >= 0.3 is 0 Å². The lowest BCUT2D eigenvalue weighted by Gasteiger charge is -2.01. The van der Waals surface area contributed by atoms with Crippen LogP contribution in [0.1, 0.15) is 0 Å². The van der Waals surface area contributed by atoms with Crippen LogP contribution in [0.25, 0.3) is 0 Å². The van der Waals surface area contributed by atoms with E-state index in [1.165, 1.54) is 4.90 Å². The molecule has 0 unspecified atom stereocenters. The van der Waals surface area contributed by atoms with Crippen LogP contribution in [0.4, 0.5) is 0 Å². The van der Waals surface area contributed by atoms with Crippen LogP contribution < -0.4 is 0 Å². The van der Waals surface area contributed by atoms with Gasteiger partial charge in [0.2, 0.25) is 0 Å². The van der Waals surface area contributed by atoms with E-state index in [0.29, 0.717) is 0 Å². The first kappa shape index (κ1) is 10.8. The van der Waals surface area contributed by atoms with Gasteiger partial charge in [-0.3, -0.25) is 0 Å². The molecule has 1 aromatic rings. The van der Waals surface area contributed by atoms with E-state index in [2.05, 4.69) is 0 Å². The first-order valence-corrected chi connectivity index (χ1v) is 7.53. The Hall–Kier alpha value is -0.740. The van der Waals surface area contributed by atoms with Crippen molar-refractivity contribution in [2.75, 3.05) is 17.3 Å². The van der Waals surface area contributed by atoms with Crippen molar-refractivity contribution in [3.8, 4) is 0 Å². The highest BCUT2D eigenvalue weighted by atomic mass is 32.2. The monoisotopic (exact) mass is 240 g/mol. The van der Waals surface area contributed by atoms with Gasteiger partial charge in [0.25, 0.3) is 0 Å². The first-order valence-electron chi connectivity index (χ1n) is 4.72. The summed E-state index contributed by atoms with van der Waals surface area (Å²) >= 11 is 1.69. The summed E-state index contributed by atoms with van der Waals surface area (Å²) in [6, 6.07) is 10.0. The van der Waals surface area contributed by atoms with Gasteiger partial charge in [0.15, 0.2) is 9.84 Å². The number of thioether (sulfide) groups is 1. The van der Waals surface area contributed by atoms with Gasteiger partial charge in [0.05, 0.1) is 11.5 Å². The zero-order valence-corrected chi connectivity index (χ0v) is 9.85. The molecule has 2 rings (SSSR count). The normalized spacial score (nSPS) is 18.8. The average Bonchev–Trinajstić information content (AvgIpc) is 2.57. The van der Waals surface area contributed by atoms with Crippen molar-refractivity contribution in [2.24, 2.45) is 0 Å². The maximum atomic E-state index is 11.2. The molecule has 0 saturated heterocycles. The molecule has 0 saturated carbocycles. The van der Waals surface area contributed by atoms with Crippen LogP contribution in [0.5, 0.6) is 0 Å². The summed E-state index contributed by atoms with van der Waals surface area (Å²) in [5.41, 5.74) is 1.03. The molecule has 0 spiro atoms. The summed E-state index contributed by atoms with van der Waals surface area (Å²) in [6.07, 6.45) is 1.84. The third-order valence-corrected chi connectivity index (χ3v) is 4.80. The maximum absolute atomic E-state index is 11.2. The van der Waals surface area contributed by atoms with Gasteiger partial charge < -0.3 is 0 Å². The van der Waals surface area contributed by atoms with E-state index < -0.39 is 9.84 Å². The second kappa shape index (κ2) is 4.41. The average molecular weight is 240 g/mol. The van der Waals surface area contributed by atoms with Crippen molar-refractivity contribution >= 4 is 21.6 Å². The molecule has 1 aromatic carbocycles. The lowest BCUT2D eigenvalue weighted by atomic mass is 10.3. The van der Waals surface area contributed by atoms with Gasteiger partial charge in [0, 0.05) is 10.6 Å². The molecule has 4 heteroatoms. The largest absolute Gasteiger partial charge is 0.228 e. The predicted molar refractivity (Wildman–Crippen MR) is 63.9 cm³/mol. The fourth-order valence-corrected chi connectivity index (χ4v) is 3.88. The maximum Gasteiger partial charge on any atom is 0.157 e. The van der Waals surface area contributed by atoms with E-state index in [1.807, 2.05) is 36.4 Å². The summed E-state index contributed by atoms with van der Waals surface area (Å²) in [4.78, 5) is 1.18. The molecule has 1 aliphatic heterocycles. The highest BCUT2D eigenvalue weighted by Crippen LogP contribution is 2.23. The first-order chi connectivity index (χ1) is 7.16. The SMILES string of the molecule is O=S1(=O)CC=C(CSc2ccccc2)C1. The Bertz CT molecular complexity index is 461. The molecule has 0 aliphatic carbocycles. The number of hydrogen-bond donors (Lipinski definition) is 0. The topological polar surface area (TPSA) is 34.1 Å². The van der Waals surface area contributed by atoms with Crippen LogP contribution >= 0.6 is 11.8 Å².